The molecule has 2 heteroatoms. The maximum absolute atomic E-state index is 5.17. The molecule has 0 saturated carbocycles. The summed E-state index contributed by atoms with van der Waals surface area (Å²) in [6.07, 6.45) is 1.69. The standard InChI is InChI=1S/C7H9NO/c1-6-3-4-7(9-6)5-8-2/h3-5H,1-2H3. The zero-order valence-corrected chi connectivity index (χ0v) is 5.59. The van der Waals surface area contributed by atoms with E-state index in [9.17, 15) is 0 Å². The largest absolute Gasteiger partial charge is 0.460 e. The van der Waals surface area contributed by atoms with Crippen LogP contribution in [0, 0.1) is 6.92 Å². The number of aliphatic imine (C=N–C) groups is 1. The van der Waals surface area contributed by atoms with Crippen LogP contribution in [0.3, 0.4) is 0 Å². The van der Waals surface area contributed by atoms with Gasteiger partial charge in [0.1, 0.15) is 11.5 Å². The molecule has 0 bridgehead atoms. The summed E-state index contributed by atoms with van der Waals surface area (Å²) in [5, 5.41) is 0. The Hall–Kier alpha value is -1.05. The van der Waals surface area contributed by atoms with Crippen LogP contribution in [-0.4, -0.2) is 13.3 Å². The van der Waals surface area contributed by atoms with Crippen LogP contribution < -0.4 is 0 Å². The topological polar surface area (TPSA) is 25.5 Å². The van der Waals surface area contributed by atoms with E-state index < -0.39 is 0 Å². The lowest BCUT2D eigenvalue weighted by Gasteiger charge is -1.79. The van der Waals surface area contributed by atoms with E-state index in [1.54, 1.807) is 13.3 Å². The molecule has 0 aliphatic carbocycles. The average Bonchev–Trinajstić information content (AvgIpc) is 2.17. The van der Waals surface area contributed by atoms with Crippen molar-refractivity contribution in [2.75, 3.05) is 7.05 Å². The molecule has 0 aromatic carbocycles. The predicted molar refractivity (Wildman–Crippen MR) is 37.0 cm³/mol. The van der Waals surface area contributed by atoms with Crippen molar-refractivity contribution >= 4 is 6.21 Å². The molecule has 9 heavy (non-hydrogen) atoms. The zero-order valence-electron chi connectivity index (χ0n) is 5.59. The van der Waals surface area contributed by atoms with Crippen molar-refractivity contribution in [2.45, 2.75) is 6.92 Å². The van der Waals surface area contributed by atoms with Crippen LogP contribution in [0.1, 0.15) is 11.5 Å². The first-order valence-corrected chi connectivity index (χ1v) is 2.81. The lowest BCUT2D eigenvalue weighted by Crippen LogP contribution is -1.70. The summed E-state index contributed by atoms with van der Waals surface area (Å²) >= 11 is 0. The van der Waals surface area contributed by atoms with Crippen molar-refractivity contribution in [2.24, 2.45) is 4.99 Å². The Bertz CT molecular complexity index is 212. The summed E-state index contributed by atoms with van der Waals surface area (Å²) in [5.74, 6) is 1.74. The Morgan fingerprint density at radius 3 is 2.78 bits per heavy atom. The third-order valence-corrected chi connectivity index (χ3v) is 1.02. The Kier molecular flexibility index (Phi) is 1.68. The monoisotopic (exact) mass is 123 g/mol. The second-order valence-electron chi connectivity index (χ2n) is 1.84. The molecule has 0 saturated heterocycles. The minimum absolute atomic E-state index is 0.815. The van der Waals surface area contributed by atoms with Crippen LogP contribution in [0.5, 0.6) is 0 Å². The highest BCUT2D eigenvalue weighted by Gasteiger charge is 1.90. The molecule has 1 heterocycles. The highest BCUT2D eigenvalue weighted by atomic mass is 16.3. The van der Waals surface area contributed by atoms with Gasteiger partial charge in [-0.3, -0.25) is 4.99 Å². The normalized spacial score (nSPS) is 10.9. The minimum Gasteiger partial charge on any atom is -0.460 e. The minimum atomic E-state index is 0.815. The van der Waals surface area contributed by atoms with Gasteiger partial charge in [-0.25, -0.2) is 0 Å². The van der Waals surface area contributed by atoms with Crippen molar-refractivity contribution in [1.29, 1.82) is 0 Å². The van der Waals surface area contributed by atoms with E-state index in [1.807, 2.05) is 19.1 Å². The molecule has 0 aliphatic heterocycles. The van der Waals surface area contributed by atoms with Crippen LogP contribution >= 0.6 is 0 Å². The Morgan fingerprint density at radius 2 is 2.33 bits per heavy atom. The fourth-order valence-electron chi connectivity index (χ4n) is 0.650. The summed E-state index contributed by atoms with van der Waals surface area (Å²) in [5.41, 5.74) is 0. The van der Waals surface area contributed by atoms with E-state index in [4.69, 9.17) is 4.42 Å². The van der Waals surface area contributed by atoms with Crippen molar-refractivity contribution in [3.05, 3.63) is 23.7 Å². The smallest absolute Gasteiger partial charge is 0.144 e. The van der Waals surface area contributed by atoms with Crippen LogP contribution in [0.4, 0.5) is 0 Å². The van der Waals surface area contributed by atoms with Gasteiger partial charge in [-0.15, -0.1) is 0 Å². The number of aryl methyl sites for hydroxylation is 1. The number of hydrogen-bond acceptors (Lipinski definition) is 2. The van der Waals surface area contributed by atoms with Gasteiger partial charge in [-0.05, 0) is 19.1 Å². The van der Waals surface area contributed by atoms with Crippen molar-refractivity contribution in [1.82, 2.24) is 0 Å². The van der Waals surface area contributed by atoms with Crippen LogP contribution in [0.2, 0.25) is 0 Å². The van der Waals surface area contributed by atoms with E-state index in [2.05, 4.69) is 4.99 Å². The summed E-state index contributed by atoms with van der Waals surface area (Å²) in [6.45, 7) is 1.91. The van der Waals surface area contributed by atoms with Gasteiger partial charge in [0, 0.05) is 7.05 Å². The fraction of sp³-hybridized carbons (Fsp3) is 0.286. The molecule has 2 nitrogen and oxygen atoms in total. The van der Waals surface area contributed by atoms with Gasteiger partial charge in [-0.1, -0.05) is 0 Å². The molecule has 1 rings (SSSR count). The molecule has 1 aromatic heterocycles. The Balaban J connectivity index is 2.85. The molecule has 0 N–H and O–H groups in total. The average molecular weight is 123 g/mol. The summed E-state index contributed by atoms with van der Waals surface area (Å²) in [6, 6.07) is 3.80. The lowest BCUT2D eigenvalue weighted by molar-refractivity contribution is 0.528. The SMILES string of the molecule is CN=Cc1ccc(C)o1. The number of rotatable bonds is 1. The predicted octanol–water partition coefficient (Wildman–Crippen LogP) is 1.64. The molecule has 1 aromatic rings. The maximum Gasteiger partial charge on any atom is 0.144 e. The molecular formula is C7H9NO. The quantitative estimate of drug-likeness (QED) is 0.521. The third kappa shape index (κ3) is 1.42. The highest BCUT2D eigenvalue weighted by Crippen LogP contribution is 2.02. The van der Waals surface area contributed by atoms with Gasteiger partial charge >= 0.3 is 0 Å². The maximum atomic E-state index is 5.17. The van der Waals surface area contributed by atoms with Gasteiger partial charge in [0.15, 0.2) is 0 Å². The van der Waals surface area contributed by atoms with Crippen LogP contribution in [-0.2, 0) is 0 Å². The first kappa shape index (κ1) is 6.08. The fourth-order valence-corrected chi connectivity index (χ4v) is 0.650. The van der Waals surface area contributed by atoms with E-state index in [0.29, 0.717) is 0 Å². The summed E-state index contributed by atoms with van der Waals surface area (Å²) < 4.78 is 5.17. The number of furan rings is 1. The van der Waals surface area contributed by atoms with Crippen molar-refractivity contribution < 1.29 is 4.42 Å². The summed E-state index contributed by atoms with van der Waals surface area (Å²) in [7, 11) is 1.72. The van der Waals surface area contributed by atoms with Crippen LogP contribution in [0.15, 0.2) is 21.5 Å². The lowest BCUT2D eigenvalue weighted by atomic mass is 10.4. The molecule has 0 fully saturated rings. The second kappa shape index (κ2) is 2.49. The van der Waals surface area contributed by atoms with Crippen molar-refractivity contribution in [3.63, 3.8) is 0 Å². The van der Waals surface area contributed by atoms with Gasteiger partial charge in [0.05, 0.1) is 6.21 Å². The second-order valence-corrected chi connectivity index (χ2v) is 1.84. The van der Waals surface area contributed by atoms with E-state index in [-0.39, 0.29) is 0 Å². The number of hydrogen-bond donors (Lipinski definition) is 0. The van der Waals surface area contributed by atoms with E-state index in [1.165, 1.54) is 0 Å². The van der Waals surface area contributed by atoms with E-state index >= 15 is 0 Å². The molecule has 0 atom stereocenters. The molecule has 0 aliphatic rings. The zero-order chi connectivity index (χ0) is 6.69. The molecule has 0 unspecified atom stereocenters. The van der Waals surface area contributed by atoms with Gasteiger partial charge < -0.3 is 4.42 Å². The Morgan fingerprint density at radius 1 is 1.56 bits per heavy atom. The van der Waals surface area contributed by atoms with Crippen molar-refractivity contribution in [3.8, 4) is 0 Å². The van der Waals surface area contributed by atoms with Gasteiger partial charge in [0.25, 0.3) is 0 Å². The first-order chi connectivity index (χ1) is 4.33. The van der Waals surface area contributed by atoms with Gasteiger partial charge in [0.2, 0.25) is 0 Å². The van der Waals surface area contributed by atoms with E-state index in [0.717, 1.165) is 11.5 Å². The molecule has 0 spiro atoms. The molecule has 0 amide bonds. The Labute approximate surface area is 54.2 Å². The molecule has 0 radical (unpaired) electrons. The first-order valence-electron chi connectivity index (χ1n) is 2.81. The molecule has 48 valence electrons. The van der Waals surface area contributed by atoms with Gasteiger partial charge in [-0.2, -0.15) is 0 Å². The molecular weight excluding hydrogens is 114 g/mol. The summed E-state index contributed by atoms with van der Waals surface area (Å²) in [4.78, 5) is 3.80. The third-order valence-electron chi connectivity index (χ3n) is 1.02. The number of nitrogens with zero attached hydrogens (tertiary/aromatic N) is 1. The van der Waals surface area contributed by atoms with Crippen LogP contribution in [0.25, 0.3) is 0 Å². The highest BCUT2D eigenvalue weighted by molar-refractivity contribution is 5.75.